The molecule has 0 amide bonds. The number of aromatic nitrogens is 4. The van der Waals surface area contributed by atoms with Crippen molar-refractivity contribution >= 4 is 17.6 Å². The first-order valence-electron chi connectivity index (χ1n) is 5.26. The average molecular weight is 251 g/mol. The Morgan fingerprint density at radius 2 is 2.17 bits per heavy atom. The van der Waals surface area contributed by atoms with Gasteiger partial charge in [0.15, 0.2) is 5.65 Å². The number of aliphatic carboxylic acids is 1. The van der Waals surface area contributed by atoms with E-state index in [-0.39, 0.29) is 0 Å². The van der Waals surface area contributed by atoms with Crippen molar-refractivity contribution in [1.29, 1.82) is 0 Å². The molecule has 2 aromatic rings. The largest absolute Gasteiger partial charge is 0.480 e. The fraction of sp³-hybridized carbons (Fsp3) is 0.400. The van der Waals surface area contributed by atoms with Crippen LogP contribution in [0.5, 0.6) is 0 Å². The molecule has 2 aromatic heterocycles. The molecule has 0 fully saturated rings. The number of anilines is 1. The van der Waals surface area contributed by atoms with E-state index in [1.54, 1.807) is 32.0 Å². The summed E-state index contributed by atoms with van der Waals surface area (Å²) in [6.45, 7) is 1.32. The number of hydrogen-bond donors (Lipinski definition) is 1. The van der Waals surface area contributed by atoms with E-state index < -0.39 is 18.2 Å². The summed E-state index contributed by atoms with van der Waals surface area (Å²) in [7, 11) is 3.50. The third-order valence-electron chi connectivity index (χ3n) is 2.36. The highest BCUT2D eigenvalue weighted by Gasteiger charge is 2.15. The predicted molar refractivity (Wildman–Crippen MR) is 63.9 cm³/mol. The highest BCUT2D eigenvalue weighted by atomic mass is 16.4. The van der Waals surface area contributed by atoms with Crippen molar-refractivity contribution in [3.8, 4) is 0 Å². The van der Waals surface area contributed by atoms with Gasteiger partial charge in [0.05, 0.1) is 0 Å². The van der Waals surface area contributed by atoms with E-state index >= 15 is 0 Å². The Labute approximate surface area is 102 Å². The topological polar surface area (TPSA) is 92.7 Å². The Bertz CT molecular complexity index is 670. The van der Waals surface area contributed by atoms with Crippen LogP contribution in [0.2, 0.25) is 0 Å². The number of carboxylic acid groups (broad SMARTS) is 1. The van der Waals surface area contributed by atoms with Gasteiger partial charge in [-0.15, -0.1) is 5.10 Å². The molecule has 0 bridgehead atoms. The summed E-state index contributed by atoms with van der Waals surface area (Å²) in [6, 6.07) is 1.63. The molecule has 18 heavy (non-hydrogen) atoms. The van der Waals surface area contributed by atoms with Gasteiger partial charge in [0.25, 0.3) is 0 Å². The third kappa shape index (κ3) is 1.92. The fourth-order valence-electron chi connectivity index (χ4n) is 1.66. The zero-order valence-electron chi connectivity index (χ0n) is 10.3. The zero-order valence-corrected chi connectivity index (χ0v) is 10.3. The molecule has 0 saturated carbocycles. The lowest BCUT2D eigenvalue weighted by Crippen LogP contribution is -2.27. The minimum atomic E-state index is -1.11. The number of aryl methyl sites for hydroxylation is 1. The van der Waals surface area contributed by atoms with E-state index in [2.05, 4.69) is 10.1 Å². The van der Waals surface area contributed by atoms with Gasteiger partial charge in [0.1, 0.15) is 6.54 Å². The summed E-state index contributed by atoms with van der Waals surface area (Å²) in [5.74, 6) is -0.691. The molecule has 8 nitrogen and oxygen atoms in total. The van der Waals surface area contributed by atoms with E-state index in [9.17, 15) is 9.59 Å². The van der Waals surface area contributed by atoms with Crippen LogP contribution in [0.1, 0.15) is 5.69 Å². The first-order chi connectivity index (χ1) is 8.40. The van der Waals surface area contributed by atoms with E-state index in [1.165, 1.54) is 4.40 Å². The second-order valence-electron chi connectivity index (χ2n) is 4.12. The van der Waals surface area contributed by atoms with Crippen molar-refractivity contribution in [2.75, 3.05) is 19.0 Å². The van der Waals surface area contributed by atoms with Crippen LogP contribution in [-0.2, 0) is 11.3 Å². The highest BCUT2D eigenvalue weighted by molar-refractivity contribution is 5.66. The molecule has 0 aliphatic carbocycles. The number of nitrogens with zero attached hydrogens (tertiary/aromatic N) is 5. The normalized spacial score (nSPS) is 10.8. The van der Waals surface area contributed by atoms with Crippen LogP contribution in [0, 0.1) is 6.92 Å². The quantitative estimate of drug-likeness (QED) is 0.779. The van der Waals surface area contributed by atoms with Crippen LogP contribution in [0.15, 0.2) is 10.9 Å². The Kier molecular flexibility index (Phi) is 2.77. The maximum Gasteiger partial charge on any atom is 0.353 e. The molecule has 0 saturated heterocycles. The van der Waals surface area contributed by atoms with Gasteiger partial charge < -0.3 is 10.0 Å². The second kappa shape index (κ2) is 4.13. The minimum absolute atomic E-state index is 0.387. The van der Waals surface area contributed by atoms with Crippen molar-refractivity contribution < 1.29 is 9.90 Å². The smallest absolute Gasteiger partial charge is 0.353 e. The summed E-state index contributed by atoms with van der Waals surface area (Å²) in [5.41, 5.74) is 0.583. The van der Waals surface area contributed by atoms with Crippen LogP contribution in [-0.4, -0.2) is 44.3 Å². The molecular weight excluding hydrogens is 238 g/mol. The van der Waals surface area contributed by atoms with Crippen LogP contribution in [0.4, 0.5) is 5.95 Å². The second-order valence-corrected chi connectivity index (χ2v) is 4.12. The molecule has 1 N–H and O–H groups in total. The SMILES string of the molecule is Cc1cc2nn(CC(=O)O)c(=O)n2c(N(C)C)n1. The summed E-state index contributed by atoms with van der Waals surface area (Å²) >= 11 is 0. The maximum atomic E-state index is 12.0. The van der Waals surface area contributed by atoms with E-state index in [0.717, 1.165) is 4.68 Å². The Morgan fingerprint density at radius 3 is 2.72 bits per heavy atom. The van der Waals surface area contributed by atoms with Crippen molar-refractivity contribution in [2.45, 2.75) is 13.5 Å². The number of carbonyl (C=O) groups is 1. The molecule has 2 rings (SSSR count). The molecule has 96 valence electrons. The third-order valence-corrected chi connectivity index (χ3v) is 2.36. The van der Waals surface area contributed by atoms with Gasteiger partial charge >= 0.3 is 11.7 Å². The summed E-state index contributed by atoms with van der Waals surface area (Å²) in [5, 5.41) is 12.7. The Balaban J connectivity index is 2.76. The molecule has 0 aromatic carbocycles. The Hall–Kier alpha value is -2.38. The van der Waals surface area contributed by atoms with Gasteiger partial charge in [0, 0.05) is 25.9 Å². The molecule has 0 aliphatic rings. The van der Waals surface area contributed by atoms with E-state index in [0.29, 0.717) is 17.3 Å². The van der Waals surface area contributed by atoms with E-state index in [1.807, 2.05) is 0 Å². The van der Waals surface area contributed by atoms with Crippen LogP contribution >= 0.6 is 0 Å². The summed E-state index contributed by atoms with van der Waals surface area (Å²) in [4.78, 5) is 28.6. The summed E-state index contributed by atoms with van der Waals surface area (Å²) < 4.78 is 2.20. The average Bonchev–Trinajstić information content (AvgIpc) is 2.53. The van der Waals surface area contributed by atoms with Crippen molar-refractivity contribution in [3.05, 3.63) is 22.2 Å². The van der Waals surface area contributed by atoms with E-state index in [4.69, 9.17) is 5.11 Å². The molecule has 0 spiro atoms. The van der Waals surface area contributed by atoms with Gasteiger partial charge in [-0.3, -0.25) is 4.79 Å². The molecule has 0 atom stereocenters. The number of fused-ring (bicyclic) bond motifs is 1. The lowest BCUT2D eigenvalue weighted by Gasteiger charge is -2.12. The standard InChI is InChI=1S/C10H13N5O3/c1-6-4-7-12-14(5-8(16)17)10(18)15(7)9(11-6)13(2)3/h4H,5H2,1-3H3,(H,16,17). The number of rotatable bonds is 3. The molecule has 0 unspecified atom stereocenters. The van der Waals surface area contributed by atoms with Crippen molar-refractivity contribution in [1.82, 2.24) is 19.2 Å². The lowest BCUT2D eigenvalue weighted by atomic mass is 10.4. The minimum Gasteiger partial charge on any atom is -0.480 e. The number of carboxylic acids is 1. The first kappa shape index (κ1) is 12.1. The van der Waals surface area contributed by atoms with Gasteiger partial charge in [-0.05, 0) is 6.92 Å². The molecule has 8 heteroatoms. The van der Waals surface area contributed by atoms with Gasteiger partial charge in [-0.2, -0.15) is 0 Å². The maximum absolute atomic E-state index is 12.0. The summed E-state index contributed by atoms with van der Waals surface area (Å²) in [6.07, 6.45) is 0. The number of hydrogen-bond acceptors (Lipinski definition) is 5. The van der Waals surface area contributed by atoms with Gasteiger partial charge in [-0.1, -0.05) is 0 Å². The molecular formula is C10H13N5O3. The fourth-order valence-corrected chi connectivity index (χ4v) is 1.66. The monoisotopic (exact) mass is 251 g/mol. The first-order valence-corrected chi connectivity index (χ1v) is 5.26. The molecule has 0 aliphatic heterocycles. The highest BCUT2D eigenvalue weighted by Crippen LogP contribution is 2.10. The van der Waals surface area contributed by atoms with Crippen LogP contribution in [0.3, 0.4) is 0 Å². The van der Waals surface area contributed by atoms with Gasteiger partial charge in [-0.25, -0.2) is 18.9 Å². The lowest BCUT2D eigenvalue weighted by molar-refractivity contribution is -0.137. The van der Waals surface area contributed by atoms with Crippen LogP contribution in [0.25, 0.3) is 5.65 Å². The predicted octanol–water partition coefficient (Wildman–Crippen LogP) is -0.650. The Morgan fingerprint density at radius 1 is 1.50 bits per heavy atom. The van der Waals surface area contributed by atoms with Crippen molar-refractivity contribution in [2.24, 2.45) is 0 Å². The molecule has 2 heterocycles. The van der Waals surface area contributed by atoms with Crippen LogP contribution < -0.4 is 10.6 Å². The van der Waals surface area contributed by atoms with Gasteiger partial charge in [0.2, 0.25) is 5.95 Å². The zero-order chi connectivity index (χ0) is 13.4. The molecule has 0 radical (unpaired) electrons. The van der Waals surface area contributed by atoms with Crippen molar-refractivity contribution in [3.63, 3.8) is 0 Å².